The van der Waals surface area contributed by atoms with E-state index in [-0.39, 0.29) is 5.56 Å². The predicted octanol–water partition coefficient (Wildman–Crippen LogP) is 5.88. The van der Waals surface area contributed by atoms with E-state index in [4.69, 9.17) is 0 Å². The number of ketones is 1. The van der Waals surface area contributed by atoms with Crippen molar-refractivity contribution in [3.8, 4) is 0 Å². The van der Waals surface area contributed by atoms with Gasteiger partial charge in [0.05, 0.1) is 0 Å². The van der Waals surface area contributed by atoms with Crippen LogP contribution >= 0.6 is 11.8 Å². The fourth-order valence-corrected chi connectivity index (χ4v) is 3.62. The van der Waals surface area contributed by atoms with E-state index in [9.17, 15) is 18.0 Å². The van der Waals surface area contributed by atoms with Crippen molar-refractivity contribution in [3.63, 3.8) is 0 Å². The summed E-state index contributed by atoms with van der Waals surface area (Å²) in [7, 11) is 0. The Morgan fingerprint density at radius 2 is 1.54 bits per heavy atom. The number of thioether (sulfide) groups is 1. The highest BCUT2D eigenvalue weighted by Crippen LogP contribution is 2.36. The molecular formula is C19H13F3OS. The van der Waals surface area contributed by atoms with Crippen LogP contribution in [0.4, 0.5) is 13.2 Å². The summed E-state index contributed by atoms with van der Waals surface area (Å²) < 4.78 is 38.8. The van der Waals surface area contributed by atoms with Crippen molar-refractivity contribution in [1.29, 1.82) is 0 Å². The first-order valence-corrected chi connectivity index (χ1v) is 8.25. The predicted molar refractivity (Wildman–Crippen MR) is 90.3 cm³/mol. The largest absolute Gasteiger partial charge is 0.454 e. The van der Waals surface area contributed by atoms with Gasteiger partial charge in [0.25, 0.3) is 5.78 Å². The Morgan fingerprint density at radius 1 is 0.875 bits per heavy atom. The van der Waals surface area contributed by atoms with Crippen LogP contribution in [0.2, 0.25) is 0 Å². The molecule has 5 heteroatoms. The van der Waals surface area contributed by atoms with Gasteiger partial charge < -0.3 is 0 Å². The van der Waals surface area contributed by atoms with E-state index in [1.807, 2.05) is 42.5 Å². The SMILES string of the molecule is O=C(c1ccc2ccccc2c1SCc1ccccc1)C(F)(F)F. The van der Waals surface area contributed by atoms with Gasteiger partial charge in [-0.3, -0.25) is 4.79 Å². The molecule has 122 valence electrons. The number of hydrogen-bond acceptors (Lipinski definition) is 2. The first kappa shape index (κ1) is 16.6. The standard InChI is InChI=1S/C19H13F3OS/c20-19(21,22)18(23)16-11-10-14-8-4-5-9-15(14)17(16)24-12-13-6-2-1-3-7-13/h1-11H,12H2. The van der Waals surface area contributed by atoms with Crippen LogP contribution in [0.5, 0.6) is 0 Å². The van der Waals surface area contributed by atoms with Gasteiger partial charge in [-0.05, 0) is 22.4 Å². The molecule has 0 heterocycles. The van der Waals surface area contributed by atoms with Gasteiger partial charge in [0.1, 0.15) is 0 Å². The molecule has 0 unspecified atom stereocenters. The Bertz CT molecular complexity index is 873. The van der Waals surface area contributed by atoms with Gasteiger partial charge in [-0.1, -0.05) is 60.7 Å². The van der Waals surface area contributed by atoms with E-state index in [1.165, 1.54) is 17.8 Å². The van der Waals surface area contributed by atoms with E-state index in [0.29, 0.717) is 16.0 Å². The third kappa shape index (κ3) is 3.46. The fraction of sp³-hybridized carbons (Fsp3) is 0.105. The van der Waals surface area contributed by atoms with Crippen molar-refractivity contribution in [3.05, 3.63) is 77.9 Å². The molecule has 0 aliphatic carbocycles. The highest BCUT2D eigenvalue weighted by atomic mass is 32.2. The van der Waals surface area contributed by atoms with Crippen LogP contribution in [-0.2, 0) is 5.75 Å². The molecule has 3 aromatic rings. The molecule has 0 aromatic heterocycles. The van der Waals surface area contributed by atoms with Gasteiger partial charge in [-0.15, -0.1) is 11.8 Å². The lowest BCUT2D eigenvalue weighted by Gasteiger charge is -2.13. The minimum Gasteiger partial charge on any atom is -0.284 e. The highest BCUT2D eigenvalue weighted by Gasteiger charge is 2.40. The maximum atomic E-state index is 12.9. The molecule has 3 aromatic carbocycles. The molecule has 1 nitrogen and oxygen atoms in total. The minimum absolute atomic E-state index is 0.290. The molecule has 0 radical (unpaired) electrons. The van der Waals surface area contributed by atoms with Crippen LogP contribution in [0.3, 0.4) is 0 Å². The molecule has 24 heavy (non-hydrogen) atoms. The molecule has 0 aliphatic heterocycles. The normalized spacial score (nSPS) is 11.6. The van der Waals surface area contributed by atoms with Crippen molar-refractivity contribution in [2.24, 2.45) is 0 Å². The highest BCUT2D eigenvalue weighted by molar-refractivity contribution is 7.98. The molecule has 0 fully saturated rings. The monoisotopic (exact) mass is 346 g/mol. The first-order valence-electron chi connectivity index (χ1n) is 7.27. The number of alkyl halides is 3. The van der Waals surface area contributed by atoms with Crippen LogP contribution in [0, 0.1) is 0 Å². The summed E-state index contributed by atoms with van der Waals surface area (Å²) in [6.45, 7) is 0. The maximum absolute atomic E-state index is 12.9. The molecule has 0 saturated carbocycles. The molecule has 0 bridgehead atoms. The lowest BCUT2D eigenvalue weighted by atomic mass is 10.0. The molecule has 0 N–H and O–H groups in total. The molecule has 0 amide bonds. The molecule has 0 atom stereocenters. The Balaban J connectivity index is 2.06. The minimum atomic E-state index is -4.88. The molecule has 0 aliphatic rings. The average molecular weight is 346 g/mol. The number of carbonyl (C=O) groups is 1. The summed E-state index contributed by atoms with van der Waals surface area (Å²) in [5, 5.41) is 1.47. The van der Waals surface area contributed by atoms with E-state index < -0.39 is 12.0 Å². The van der Waals surface area contributed by atoms with Gasteiger partial charge in [0.2, 0.25) is 0 Å². The number of Topliss-reactive ketones (excluding diaryl/α,β-unsaturated/α-hetero) is 1. The average Bonchev–Trinajstić information content (AvgIpc) is 2.59. The van der Waals surface area contributed by atoms with E-state index >= 15 is 0 Å². The Kier molecular flexibility index (Phi) is 4.62. The summed E-state index contributed by atoms with van der Waals surface area (Å²) in [5.41, 5.74) is 0.697. The second-order valence-electron chi connectivity index (χ2n) is 5.26. The molecule has 3 rings (SSSR count). The van der Waals surface area contributed by atoms with Gasteiger partial charge in [0.15, 0.2) is 0 Å². The summed E-state index contributed by atoms with van der Waals surface area (Å²) in [6, 6.07) is 19.4. The first-order chi connectivity index (χ1) is 11.5. The second kappa shape index (κ2) is 6.69. The maximum Gasteiger partial charge on any atom is 0.454 e. The van der Waals surface area contributed by atoms with E-state index in [1.54, 1.807) is 18.2 Å². The topological polar surface area (TPSA) is 17.1 Å². The number of carbonyl (C=O) groups excluding carboxylic acids is 1. The van der Waals surface area contributed by atoms with Crippen molar-refractivity contribution < 1.29 is 18.0 Å². The van der Waals surface area contributed by atoms with Gasteiger partial charge in [0, 0.05) is 16.2 Å². The second-order valence-corrected chi connectivity index (χ2v) is 6.25. The van der Waals surface area contributed by atoms with Gasteiger partial charge in [-0.25, -0.2) is 0 Å². The van der Waals surface area contributed by atoms with Crippen LogP contribution in [-0.4, -0.2) is 12.0 Å². The number of rotatable bonds is 4. The zero-order chi connectivity index (χ0) is 17.2. The lowest BCUT2D eigenvalue weighted by molar-refractivity contribution is -0.0886. The molecule has 0 spiro atoms. The third-order valence-electron chi connectivity index (χ3n) is 3.61. The third-order valence-corrected chi connectivity index (χ3v) is 4.81. The smallest absolute Gasteiger partial charge is 0.284 e. The van der Waals surface area contributed by atoms with Crippen molar-refractivity contribution in [2.45, 2.75) is 16.8 Å². The summed E-state index contributed by atoms with van der Waals surface area (Å²) in [4.78, 5) is 12.2. The van der Waals surface area contributed by atoms with Crippen LogP contribution in [0.25, 0.3) is 10.8 Å². The fourth-order valence-electron chi connectivity index (χ4n) is 2.46. The van der Waals surface area contributed by atoms with Crippen molar-refractivity contribution in [2.75, 3.05) is 0 Å². The number of halogens is 3. The Labute approximate surface area is 141 Å². The van der Waals surface area contributed by atoms with Crippen molar-refractivity contribution >= 4 is 28.3 Å². The summed E-state index contributed by atoms with van der Waals surface area (Å²) >= 11 is 1.25. The number of fused-ring (bicyclic) bond motifs is 1. The lowest BCUT2D eigenvalue weighted by Crippen LogP contribution is -2.23. The molecular weight excluding hydrogens is 333 g/mol. The Morgan fingerprint density at radius 3 is 2.25 bits per heavy atom. The van der Waals surface area contributed by atoms with Gasteiger partial charge in [-0.2, -0.15) is 13.2 Å². The number of benzene rings is 3. The van der Waals surface area contributed by atoms with Crippen LogP contribution in [0.1, 0.15) is 15.9 Å². The van der Waals surface area contributed by atoms with Crippen LogP contribution < -0.4 is 0 Å². The summed E-state index contributed by atoms with van der Waals surface area (Å²) in [5.74, 6) is -1.31. The number of hydrogen-bond donors (Lipinski definition) is 0. The van der Waals surface area contributed by atoms with Crippen LogP contribution in [0.15, 0.2) is 71.6 Å². The molecule has 0 saturated heterocycles. The zero-order valence-corrected chi connectivity index (χ0v) is 13.3. The zero-order valence-electron chi connectivity index (χ0n) is 12.5. The summed E-state index contributed by atoms with van der Waals surface area (Å²) in [6.07, 6.45) is -4.88. The quantitative estimate of drug-likeness (QED) is 0.434. The Hall–Kier alpha value is -2.27. The van der Waals surface area contributed by atoms with Gasteiger partial charge >= 0.3 is 6.18 Å². The van der Waals surface area contributed by atoms with E-state index in [2.05, 4.69) is 0 Å². The van der Waals surface area contributed by atoms with E-state index in [0.717, 1.165) is 10.9 Å². The van der Waals surface area contributed by atoms with Crippen molar-refractivity contribution in [1.82, 2.24) is 0 Å².